The van der Waals surface area contributed by atoms with Crippen molar-refractivity contribution in [1.82, 2.24) is 23.9 Å². The van der Waals surface area contributed by atoms with Gasteiger partial charge in [0, 0.05) is 17.8 Å². The molecule has 8 nitrogen and oxygen atoms in total. The van der Waals surface area contributed by atoms with Crippen molar-refractivity contribution in [3.8, 4) is 5.69 Å². The molecule has 0 aliphatic carbocycles. The smallest absolute Gasteiger partial charge is 0.339 e. The van der Waals surface area contributed by atoms with E-state index in [9.17, 15) is 4.79 Å². The van der Waals surface area contributed by atoms with Crippen LogP contribution >= 0.6 is 11.6 Å². The van der Waals surface area contributed by atoms with Crippen molar-refractivity contribution in [3.05, 3.63) is 75.8 Å². The molecular weight excluding hydrogens is 426 g/mol. The van der Waals surface area contributed by atoms with Crippen LogP contribution in [0.3, 0.4) is 0 Å². The zero-order valence-electron chi connectivity index (χ0n) is 17.7. The summed E-state index contributed by atoms with van der Waals surface area (Å²) < 4.78 is 3.05. The van der Waals surface area contributed by atoms with Crippen molar-refractivity contribution in [2.75, 3.05) is 5.32 Å². The Kier molecular flexibility index (Phi) is 5.22. The molecule has 0 amide bonds. The van der Waals surface area contributed by atoms with Crippen molar-refractivity contribution in [2.24, 2.45) is 10.9 Å². The van der Waals surface area contributed by atoms with Gasteiger partial charge in [-0.1, -0.05) is 36.7 Å². The minimum atomic E-state index is -0.278. The quantitative estimate of drug-likeness (QED) is 0.490. The maximum atomic E-state index is 13.4. The second-order valence-electron chi connectivity index (χ2n) is 7.84. The lowest BCUT2D eigenvalue weighted by molar-refractivity contribution is 0.660. The third-order valence-corrected chi connectivity index (χ3v) is 6.06. The number of aromatic nitrogens is 5. The molecule has 3 aromatic heterocycles. The van der Waals surface area contributed by atoms with Crippen LogP contribution in [0.1, 0.15) is 37.6 Å². The Morgan fingerprint density at radius 3 is 2.81 bits per heavy atom. The Morgan fingerprint density at radius 1 is 1.22 bits per heavy atom. The predicted octanol–water partition coefficient (Wildman–Crippen LogP) is 4.39. The molecule has 4 heterocycles. The molecule has 1 aliphatic rings. The number of fused-ring (bicyclic) bond motifs is 2. The van der Waals surface area contributed by atoms with Crippen molar-refractivity contribution < 1.29 is 0 Å². The van der Waals surface area contributed by atoms with Gasteiger partial charge in [0.05, 0.1) is 23.6 Å². The topological polar surface area (TPSA) is 89.5 Å². The number of halogens is 1. The molecule has 32 heavy (non-hydrogen) atoms. The third kappa shape index (κ3) is 3.46. The Morgan fingerprint density at radius 2 is 2.03 bits per heavy atom. The molecule has 0 fully saturated rings. The fourth-order valence-electron chi connectivity index (χ4n) is 4.04. The van der Waals surface area contributed by atoms with Crippen LogP contribution in [0.15, 0.2) is 58.7 Å². The molecule has 0 radical (unpaired) electrons. The molecule has 0 bridgehead atoms. The van der Waals surface area contributed by atoms with Gasteiger partial charge >= 0.3 is 5.69 Å². The van der Waals surface area contributed by atoms with Gasteiger partial charge in [-0.3, -0.25) is 4.57 Å². The first-order valence-corrected chi connectivity index (χ1v) is 10.9. The molecule has 0 saturated carbocycles. The second kappa shape index (κ2) is 8.20. The highest BCUT2D eigenvalue weighted by molar-refractivity contribution is 6.29. The van der Waals surface area contributed by atoms with Crippen LogP contribution in [0.4, 0.5) is 11.6 Å². The van der Waals surface area contributed by atoms with E-state index in [0.29, 0.717) is 17.4 Å². The molecule has 4 aromatic rings. The number of nitrogens with zero attached hydrogens (tertiary/aromatic N) is 6. The van der Waals surface area contributed by atoms with Gasteiger partial charge in [0.15, 0.2) is 5.82 Å². The number of para-hydroxylation sites is 1. The van der Waals surface area contributed by atoms with Crippen LogP contribution in [0.25, 0.3) is 11.3 Å². The first-order chi connectivity index (χ1) is 15.6. The van der Waals surface area contributed by atoms with Gasteiger partial charge in [-0.15, -0.1) is 0 Å². The van der Waals surface area contributed by atoms with Crippen LogP contribution < -0.4 is 11.0 Å². The monoisotopic (exact) mass is 447 g/mol. The number of hydrogen-bond acceptors (Lipinski definition) is 6. The molecule has 162 valence electrons. The average molecular weight is 448 g/mol. The number of nitrogens with one attached hydrogen (secondary N) is 1. The molecule has 1 N–H and O–H groups in total. The van der Waals surface area contributed by atoms with Gasteiger partial charge in [0.2, 0.25) is 0 Å². The molecule has 0 spiro atoms. The number of rotatable bonds is 5. The fourth-order valence-corrected chi connectivity index (χ4v) is 4.25. The van der Waals surface area contributed by atoms with Crippen molar-refractivity contribution in [3.63, 3.8) is 0 Å². The van der Waals surface area contributed by atoms with Gasteiger partial charge in [-0.2, -0.15) is 0 Å². The van der Waals surface area contributed by atoms with Gasteiger partial charge in [0.25, 0.3) is 0 Å². The van der Waals surface area contributed by atoms with E-state index in [2.05, 4.69) is 32.2 Å². The maximum absolute atomic E-state index is 13.4. The lowest BCUT2D eigenvalue weighted by Crippen LogP contribution is -2.30. The van der Waals surface area contributed by atoms with Crippen LogP contribution in [0, 0.1) is 5.92 Å². The Bertz CT molecular complexity index is 1380. The minimum Gasteiger partial charge on any atom is -0.362 e. The largest absolute Gasteiger partial charge is 0.362 e. The SMILES string of the molecule is CCC1C=Nc2ncnc(NC(C)c3cc4ncc(Cl)n4c(=O)n3-c3ccccc3)c2C1. The number of aliphatic imine (C=N–C) groups is 1. The van der Waals surface area contributed by atoms with Gasteiger partial charge in [-0.25, -0.2) is 29.1 Å². The Hall–Kier alpha value is -3.52. The molecule has 2 unspecified atom stereocenters. The van der Waals surface area contributed by atoms with Crippen LogP contribution in [0.5, 0.6) is 0 Å². The highest BCUT2D eigenvalue weighted by Crippen LogP contribution is 2.32. The third-order valence-electron chi connectivity index (χ3n) is 5.80. The van der Waals surface area contributed by atoms with Crippen molar-refractivity contribution in [1.29, 1.82) is 0 Å². The molecule has 1 aliphatic heterocycles. The summed E-state index contributed by atoms with van der Waals surface area (Å²) in [4.78, 5) is 31.1. The van der Waals surface area contributed by atoms with Gasteiger partial charge in [-0.05, 0) is 37.8 Å². The number of imidazole rings is 1. The summed E-state index contributed by atoms with van der Waals surface area (Å²) in [5, 5.41) is 3.76. The van der Waals surface area contributed by atoms with E-state index in [1.54, 1.807) is 4.57 Å². The van der Waals surface area contributed by atoms with Crippen LogP contribution in [0.2, 0.25) is 5.15 Å². The number of anilines is 1. The summed E-state index contributed by atoms with van der Waals surface area (Å²) in [7, 11) is 0. The average Bonchev–Trinajstić information content (AvgIpc) is 3.20. The number of benzene rings is 1. The summed E-state index contributed by atoms with van der Waals surface area (Å²) >= 11 is 6.25. The standard InChI is InChI=1S/C23H22ClN7O/c1-3-15-9-17-21(26-11-15)27-13-28-22(17)29-14(2)18-10-20-25-12-19(24)31(20)23(32)30(18)16-7-5-4-6-8-16/h4-8,10-15H,3,9H2,1-2H3,(H,27,28,29). The van der Waals surface area contributed by atoms with E-state index in [4.69, 9.17) is 11.6 Å². The highest BCUT2D eigenvalue weighted by Gasteiger charge is 2.23. The van der Waals surface area contributed by atoms with E-state index >= 15 is 0 Å². The summed E-state index contributed by atoms with van der Waals surface area (Å²) in [5.74, 6) is 1.77. The van der Waals surface area contributed by atoms with Crippen LogP contribution in [-0.2, 0) is 6.42 Å². The minimum absolute atomic E-state index is 0.256. The molecule has 0 saturated heterocycles. The molecule has 2 atom stereocenters. The van der Waals surface area contributed by atoms with Crippen molar-refractivity contribution in [2.45, 2.75) is 32.7 Å². The van der Waals surface area contributed by atoms with Crippen molar-refractivity contribution >= 4 is 35.1 Å². The lowest BCUT2D eigenvalue weighted by Gasteiger charge is -2.24. The molecule has 5 rings (SSSR count). The van der Waals surface area contributed by atoms with Gasteiger partial charge in [0.1, 0.15) is 22.9 Å². The molecule has 1 aromatic carbocycles. The van der Waals surface area contributed by atoms with Gasteiger partial charge < -0.3 is 5.32 Å². The summed E-state index contributed by atoms with van der Waals surface area (Å²) in [6, 6.07) is 11.1. The van der Waals surface area contributed by atoms with E-state index in [-0.39, 0.29) is 16.9 Å². The summed E-state index contributed by atoms with van der Waals surface area (Å²) in [6.07, 6.45) is 6.79. The summed E-state index contributed by atoms with van der Waals surface area (Å²) in [6.45, 7) is 4.14. The van der Waals surface area contributed by atoms with Crippen LogP contribution in [-0.4, -0.2) is 30.1 Å². The lowest BCUT2D eigenvalue weighted by atomic mass is 9.96. The highest BCUT2D eigenvalue weighted by atomic mass is 35.5. The first kappa shape index (κ1) is 20.4. The fraction of sp³-hybridized carbons (Fsp3) is 0.261. The zero-order valence-corrected chi connectivity index (χ0v) is 18.5. The Balaban J connectivity index is 1.62. The predicted molar refractivity (Wildman–Crippen MR) is 126 cm³/mol. The molecule has 9 heteroatoms. The molecular formula is C23H22ClN7O. The maximum Gasteiger partial charge on any atom is 0.339 e. The normalized spacial score (nSPS) is 16.2. The van der Waals surface area contributed by atoms with E-state index in [0.717, 1.165) is 35.6 Å². The first-order valence-electron chi connectivity index (χ1n) is 10.6. The van der Waals surface area contributed by atoms with E-state index in [1.165, 1.54) is 16.9 Å². The Labute approximate surface area is 189 Å². The van der Waals surface area contributed by atoms with E-state index in [1.807, 2.05) is 49.5 Å². The second-order valence-corrected chi connectivity index (χ2v) is 8.23. The zero-order chi connectivity index (χ0) is 22.2. The van der Waals surface area contributed by atoms with E-state index < -0.39 is 0 Å². The summed E-state index contributed by atoms with van der Waals surface area (Å²) in [5.41, 5.74) is 2.70. The number of hydrogen-bond donors (Lipinski definition) is 1.